The van der Waals surface area contributed by atoms with Crippen LogP contribution >= 0.6 is 0 Å². The van der Waals surface area contributed by atoms with Crippen molar-refractivity contribution >= 4 is 0 Å². The second kappa shape index (κ2) is 8.03. The molecule has 0 bridgehead atoms. The Labute approximate surface area is 105 Å². The Balaban J connectivity index is 2.17. The first-order chi connectivity index (χ1) is 8.13. The highest BCUT2D eigenvalue weighted by atomic mass is 16.5. The molecule has 0 radical (unpaired) electrons. The number of hydrogen-bond acceptors (Lipinski definition) is 4. The summed E-state index contributed by atoms with van der Waals surface area (Å²) in [6.45, 7) is 11.5. The van der Waals surface area contributed by atoms with Crippen LogP contribution in [0.5, 0.6) is 0 Å². The molecule has 0 aromatic rings. The molecule has 2 unspecified atom stereocenters. The number of β-amino-alcohol motifs (C(OH)–C–C–N with tert-alkyl or cyclic N) is 1. The summed E-state index contributed by atoms with van der Waals surface area (Å²) in [4.78, 5) is 2.27. The topological polar surface area (TPSA) is 44.7 Å². The normalized spacial score (nSPS) is 21.7. The van der Waals surface area contributed by atoms with E-state index in [1.165, 1.54) is 0 Å². The highest BCUT2D eigenvalue weighted by Crippen LogP contribution is 2.05. The van der Waals surface area contributed by atoms with Crippen LogP contribution in [0.2, 0.25) is 0 Å². The van der Waals surface area contributed by atoms with E-state index in [2.05, 4.69) is 31.0 Å². The minimum absolute atomic E-state index is 0.277. The molecular formula is C13H28N2O2. The maximum absolute atomic E-state index is 9.98. The molecule has 0 amide bonds. The lowest BCUT2D eigenvalue weighted by Gasteiger charge is -2.29. The zero-order valence-electron chi connectivity index (χ0n) is 11.5. The van der Waals surface area contributed by atoms with Crippen LogP contribution in [0.15, 0.2) is 0 Å². The zero-order chi connectivity index (χ0) is 12.7. The molecule has 4 nitrogen and oxygen atoms in total. The first-order valence-electron chi connectivity index (χ1n) is 6.85. The van der Waals surface area contributed by atoms with E-state index in [0.29, 0.717) is 18.5 Å². The number of aliphatic hydroxyl groups is 1. The van der Waals surface area contributed by atoms with E-state index in [9.17, 15) is 5.11 Å². The van der Waals surface area contributed by atoms with Gasteiger partial charge in [0.25, 0.3) is 0 Å². The molecule has 1 heterocycles. The molecule has 102 valence electrons. The van der Waals surface area contributed by atoms with Gasteiger partial charge in [0, 0.05) is 32.2 Å². The lowest BCUT2D eigenvalue weighted by atomic mass is 10.0. The summed E-state index contributed by atoms with van der Waals surface area (Å²) in [6.07, 6.45) is 0.836. The lowest BCUT2D eigenvalue weighted by molar-refractivity contribution is 0.0142. The van der Waals surface area contributed by atoms with Crippen LogP contribution < -0.4 is 5.32 Å². The molecule has 17 heavy (non-hydrogen) atoms. The summed E-state index contributed by atoms with van der Waals surface area (Å²) in [7, 11) is 0. The number of morpholine rings is 1. The predicted octanol–water partition coefficient (Wildman–Crippen LogP) is 0.704. The smallest absolute Gasteiger partial charge is 0.0791 e. The van der Waals surface area contributed by atoms with Crippen molar-refractivity contribution in [2.45, 2.75) is 39.3 Å². The fourth-order valence-electron chi connectivity index (χ4n) is 2.29. The summed E-state index contributed by atoms with van der Waals surface area (Å²) in [6, 6.07) is 0.509. The maximum Gasteiger partial charge on any atom is 0.0791 e. The quantitative estimate of drug-likeness (QED) is 0.692. The minimum Gasteiger partial charge on any atom is -0.390 e. The van der Waals surface area contributed by atoms with Gasteiger partial charge < -0.3 is 15.2 Å². The highest BCUT2D eigenvalue weighted by molar-refractivity contribution is 4.74. The van der Waals surface area contributed by atoms with Gasteiger partial charge in [-0.3, -0.25) is 4.90 Å². The Kier molecular flexibility index (Phi) is 7.04. The molecule has 0 spiro atoms. The van der Waals surface area contributed by atoms with E-state index in [0.717, 1.165) is 39.3 Å². The summed E-state index contributed by atoms with van der Waals surface area (Å²) >= 11 is 0. The SMILES string of the molecule is CCC(NCC(O)CN1CCOCC1)C(C)C. The molecule has 0 aromatic heterocycles. The van der Waals surface area contributed by atoms with E-state index in [1.807, 2.05) is 0 Å². The number of nitrogens with one attached hydrogen (secondary N) is 1. The largest absolute Gasteiger partial charge is 0.390 e. The summed E-state index contributed by atoms with van der Waals surface area (Å²) in [5.41, 5.74) is 0. The predicted molar refractivity (Wildman–Crippen MR) is 70.2 cm³/mol. The second-order valence-corrected chi connectivity index (χ2v) is 5.23. The molecule has 1 rings (SSSR count). The third-order valence-corrected chi connectivity index (χ3v) is 3.43. The van der Waals surface area contributed by atoms with E-state index >= 15 is 0 Å². The average molecular weight is 244 g/mol. The van der Waals surface area contributed by atoms with Gasteiger partial charge in [0.2, 0.25) is 0 Å². The Hall–Kier alpha value is -0.160. The van der Waals surface area contributed by atoms with Gasteiger partial charge in [-0.1, -0.05) is 20.8 Å². The van der Waals surface area contributed by atoms with Crippen LogP contribution in [0.25, 0.3) is 0 Å². The van der Waals surface area contributed by atoms with Gasteiger partial charge in [-0.05, 0) is 12.3 Å². The molecule has 1 saturated heterocycles. The van der Waals surface area contributed by atoms with Crippen LogP contribution in [0.4, 0.5) is 0 Å². The van der Waals surface area contributed by atoms with Gasteiger partial charge in [0.1, 0.15) is 0 Å². The Bertz CT molecular complexity index is 194. The first kappa shape index (κ1) is 14.9. The molecule has 4 heteroatoms. The third kappa shape index (κ3) is 5.82. The molecule has 1 aliphatic rings. The van der Waals surface area contributed by atoms with Gasteiger partial charge in [-0.2, -0.15) is 0 Å². The van der Waals surface area contributed by atoms with E-state index in [1.54, 1.807) is 0 Å². The summed E-state index contributed by atoms with van der Waals surface area (Å²) < 4.78 is 5.29. The molecule has 1 aliphatic heterocycles. The lowest BCUT2D eigenvalue weighted by Crippen LogP contribution is -2.46. The van der Waals surface area contributed by atoms with E-state index in [4.69, 9.17) is 4.74 Å². The number of ether oxygens (including phenoxy) is 1. The second-order valence-electron chi connectivity index (χ2n) is 5.23. The van der Waals surface area contributed by atoms with Gasteiger partial charge in [-0.25, -0.2) is 0 Å². The summed E-state index contributed by atoms with van der Waals surface area (Å²) in [5.74, 6) is 0.621. The van der Waals surface area contributed by atoms with Crippen molar-refractivity contribution in [2.75, 3.05) is 39.4 Å². The third-order valence-electron chi connectivity index (χ3n) is 3.43. The molecule has 2 N–H and O–H groups in total. The van der Waals surface area contributed by atoms with Crippen molar-refractivity contribution in [2.24, 2.45) is 5.92 Å². The van der Waals surface area contributed by atoms with Crippen molar-refractivity contribution in [3.05, 3.63) is 0 Å². The number of rotatable bonds is 7. The fourth-order valence-corrected chi connectivity index (χ4v) is 2.29. The molecule has 0 aliphatic carbocycles. The monoisotopic (exact) mass is 244 g/mol. The van der Waals surface area contributed by atoms with Crippen molar-refractivity contribution in [1.82, 2.24) is 10.2 Å². The van der Waals surface area contributed by atoms with Crippen LogP contribution in [0.1, 0.15) is 27.2 Å². The number of aliphatic hydroxyl groups excluding tert-OH is 1. The Morgan fingerprint density at radius 3 is 2.47 bits per heavy atom. The van der Waals surface area contributed by atoms with Crippen molar-refractivity contribution in [3.63, 3.8) is 0 Å². The minimum atomic E-state index is -0.277. The van der Waals surface area contributed by atoms with Crippen molar-refractivity contribution < 1.29 is 9.84 Å². The molecule has 0 saturated carbocycles. The zero-order valence-corrected chi connectivity index (χ0v) is 11.5. The molecule has 1 fully saturated rings. The average Bonchev–Trinajstić information content (AvgIpc) is 2.30. The Morgan fingerprint density at radius 1 is 1.29 bits per heavy atom. The molecular weight excluding hydrogens is 216 g/mol. The first-order valence-corrected chi connectivity index (χ1v) is 6.85. The number of nitrogens with zero attached hydrogens (tertiary/aromatic N) is 1. The van der Waals surface area contributed by atoms with Gasteiger partial charge in [-0.15, -0.1) is 0 Å². The van der Waals surface area contributed by atoms with Gasteiger partial charge in [0.05, 0.1) is 19.3 Å². The van der Waals surface area contributed by atoms with E-state index < -0.39 is 0 Å². The Morgan fingerprint density at radius 2 is 1.94 bits per heavy atom. The fraction of sp³-hybridized carbons (Fsp3) is 1.00. The number of hydrogen-bond donors (Lipinski definition) is 2. The van der Waals surface area contributed by atoms with Crippen molar-refractivity contribution in [3.8, 4) is 0 Å². The molecule has 2 atom stereocenters. The van der Waals surface area contributed by atoms with Crippen LogP contribution in [0, 0.1) is 5.92 Å². The van der Waals surface area contributed by atoms with Gasteiger partial charge >= 0.3 is 0 Å². The van der Waals surface area contributed by atoms with Crippen LogP contribution in [-0.2, 0) is 4.74 Å². The van der Waals surface area contributed by atoms with E-state index in [-0.39, 0.29) is 6.10 Å². The molecule has 0 aromatic carbocycles. The van der Waals surface area contributed by atoms with Crippen molar-refractivity contribution in [1.29, 1.82) is 0 Å². The standard InChI is InChI=1S/C13H28N2O2/c1-4-13(11(2)3)14-9-12(16)10-15-5-7-17-8-6-15/h11-14,16H,4-10H2,1-3H3. The van der Waals surface area contributed by atoms with Crippen LogP contribution in [-0.4, -0.2) is 61.5 Å². The highest BCUT2D eigenvalue weighted by Gasteiger charge is 2.16. The summed E-state index contributed by atoms with van der Waals surface area (Å²) in [5, 5.41) is 13.4. The van der Waals surface area contributed by atoms with Gasteiger partial charge in [0.15, 0.2) is 0 Å². The maximum atomic E-state index is 9.98. The van der Waals surface area contributed by atoms with Crippen LogP contribution in [0.3, 0.4) is 0 Å².